The number of thiocarbonyl (C=S) groups is 1. The molecule has 0 bridgehead atoms. The number of rotatable bonds is 4. The molecule has 0 saturated carbocycles. The van der Waals surface area contributed by atoms with Crippen LogP contribution >= 0.6 is 12.2 Å². The van der Waals surface area contributed by atoms with Crippen LogP contribution in [0.15, 0.2) is 27.8 Å². The third-order valence-corrected chi connectivity index (χ3v) is 3.44. The minimum absolute atomic E-state index is 0.0852. The first-order valence-corrected chi connectivity index (χ1v) is 6.70. The number of fused-ring (bicyclic) bond motifs is 1. The monoisotopic (exact) mass is 306 g/mol. The largest absolute Gasteiger partial charge is 0.393 e. The Labute approximate surface area is 124 Å². The Hall–Kier alpha value is -2.48. The number of carbonyl (C=O) groups is 1. The van der Waals surface area contributed by atoms with E-state index in [2.05, 4.69) is 15.5 Å². The fourth-order valence-electron chi connectivity index (χ4n) is 2.07. The second-order valence-electron chi connectivity index (χ2n) is 4.49. The van der Waals surface area contributed by atoms with Crippen LogP contribution in [0.5, 0.6) is 0 Å². The van der Waals surface area contributed by atoms with Gasteiger partial charge in [0.1, 0.15) is 0 Å². The van der Waals surface area contributed by atoms with E-state index in [1.807, 2.05) is 0 Å². The molecule has 1 amide bonds. The predicted octanol–water partition coefficient (Wildman–Crippen LogP) is 0.467. The van der Waals surface area contributed by atoms with E-state index in [1.165, 1.54) is 6.07 Å². The molecule has 7 nitrogen and oxygen atoms in total. The summed E-state index contributed by atoms with van der Waals surface area (Å²) in [6.07, 6.45) is 0.447. The molecule has 1 atom stereocenters. The highest BCUT2D eigenvalue weighted by Gasteiger charge is 2.20. The first kappa shape index (κ1) is 14.9. The molecule has 0 saturated heterocycles. The Kier molecular flexibility index (Phi) is 4.18. The molecule has 0 radical (unpaired) electrons. The topological polar surface area (TPSA) is 121 Å². The zero-order chi connectivity index (χ0) is 15.6. The van der Waals surface area contributed by atoms with Crippen LogP contribution in [-0.2, 0) is 4.79 Å². The Balaban J connectivity index is 2.51. The highest BCUT2D eigenvalue weighted by atomic mass is 32.1. The number of aromatic nitrogens is 2. The second kappa shape index (κ2) is 5.88. The van der Waals surface area contributed by atoms with Crippen molar-refractivity contribution < 1.29 is 4.79 Å². The van der Waals surface area contributed by atoms with E-state index in [4.69, 9.17) is 18.0 Å². The molecular formula is C13H14N4O3S. The van der Waals surface area contributed by atoms with Crippen molar-refractivity contribution in [2.45, 2.75) is 13.3 Å². The van der Waals surface area contributed by atoms with E-state index in [1.54, 1.807) is 19.1 Å². The van der Waals surface area contributed by atoms with Gasteiger partial charge in [-0.25, -0.2) is 0 Å². The van der Waals surface area contributed by atoms with Gasteiger partial charge in [0.25, 0.3) is 11.1 Å². The van der Waals surface area contributed by atoms with Gasteiger partial charge < -0.3 is 11.1 Å². The third-order valence-electron chi connectivity index (χ3n) is 3.15. The molecular weight excluding hydrogens is 292 g/mol. The Bertz CT molecular complexity index is 824. The first-order valence-electron chi connectivity index (χ1n) is 6.29. The summed E-state index contributed by atoms with van der Waals surface area (Å²) in [6, 6.07) is 4.62. The van der Waals surface area contributed by atoms with Crippen molar-refractivity contribution in [2.24, 2.45) is 11.7 Å². The number of nitrogens with one attached hydrogen (secondary N) is 3. The zero-order valence-electron chi connectivity index (χ0n) is 11.2. The minimum Gasteiger partial charge on any atom is -0.393 e. The average molecular weight is 306 g/mol. The average Bonchev–Trinajstić information content (AvgIpc) is 2.43. The van der Waals surface area contributed by atoms with Crippen molar-refractivity contribution in [2.75, 3.05) is 5.32 Å². The standard InChI is InChI=1S/C13H14N4O3S/c1-2-6(10(14)21)11(18)15-8-5-3-4-7-9(8)13(20)17-16-12(7)19/h3-6H,2H2,1H3,(H2,14,21)(H,15,18)(H,16,19)(H,17,20). The molecule has 1 unspecified atom stereocenters. The van der Waals surface area contributed by atoms with Crippen LogP contribution in [0.25, 0.3) is 10.8 Å². The fraction of sp³-hybridized carbons (Fsp3) is 0.231. The lowest BCUT2D eigenvalue weighted by molar-refractivity contribution is -0.118. The molecule has 1 aromatic heterocycles. The molecule has 2 aromatic rings. The SMILES string of the molecule is CCC(C(=O)Nc1cccc2c(=O)[nH][nH]c(=O)c12)C(N)=S. The number of carbonyl (C=O) groups excluding carboxylic acids is 1. The van der Waals surface area contributed by atoms with Crippen LogP contribution in [0.3, 0.4) is 0 Å². The summed E-state index contributed by atoms with van der Waals surface area (Å²) in [6.45, 7) is 1.78. The summed E-state index contributed by atoms with van der Waals surface area (Å²) < 4.78 is 0. The number of benzene rings is 1. The van der Waals surface area contributed by atoms with E-state index in [0.29, 0.717) is 6.42 Å². The van der Waals surface area contributed by atoms with Gasteiger partial charge in [-0.15, -0.1) is 0 Å². The molecule has 0 spiro atoms. The first-order chi connectivity index (χ1) is 9.95. The Morgan fingerprint density at radius 1 is 1.33 bits per heavy atom. The van der Waals surface area contributed by atoms with Crippen molar-refractivity contribution in [3.05, 3.63) is 38.9 Å². The highest BCUT2D eigenvalue weighted by molar-refractivity contribution is 7.80. The van der Waals surface area contributed by atoms with Crippen molar-refractivity contribution in [3.8, 4) is 0 Å². The number of nitrogens with two attached hydrogens (primary N) is 1. The quantitative estimate of drug-likeness (QED) is 0.612. The van der Waals surface area contributed by atoms with Crippen LogP contribution < -0.4 is 22.2 Å². The Morgan fingerprint density at radius 3 is 2.62 bits per heavy atom. The van der Waals surface area contributed by atoms with Crippen molar-refractivity contribution in [1.29, 1.82) is 0 Å². The number of hydrogen-bond donors (Lipinski definition) is 4. The van der Waals surface area contributed by atoms with E-state index < -0.39 is 22.9 Å². The molecule has 110 valence electrons. The van der Waals surface area contributed by atoms with Crippen LogP contribution in [0.2, 0.25) is 0 Å². The molecule has 5 N–H and O–H groups in total. The third kappa shape index (κ3) is 2.84. The summed E-state index contributed by atoms with van der Waals surface area (Å²) in [5.74, 6) is -1.03. The number of anilines is 1. The molecule has 0 fully saturated rings. The number of amides is 1. The maximum Gasteiger partial charge on any atom is 0.272 e. The van der Waals surface area contributed by atoms with Crippen molar-refractivity contribution in [1.82, 2.24) is 10.2 Å². The van der Waals surface area contributed by atoms with E-state index >= 15 is 0 Å². The maximum absolute atomic E-state index is 12.1. The van der Waals surface area contributed by atoms with Gasteiger partial charge in [0.05, 0.1) is 27.4 Å². The molecule has 8 heteroatoms. The van der Waals surface area contributed by atoms with Gasteiger partial charge >= 0.3 is 0 Å². The van der Waals surface area contributed by atoms with Gasteiger partial charge in [0, 0.05) is 0 Å². The van der Waals surface area contributed by atoms with Crippen LogP contribution in [-0.4, -0.2) is 21.1 Å². The van der Waals surface area contributed by atoms with Crippen LogP contribution in [0, 0.1) is 5.92 Å². The lowest BCUT2D eigenvalue weighted by atomic mass is 10.1. The number of H-pyrrole nitrogens is 2. The molecule has 0 aliphatic rings. The van der Waals surface area contributed by atoms with Crippen LogP contribution in [0.1, 0.15) is 13.3 Å². The van der Waals surface area contributed by atoms with Gasteiger partial charge in [-0.2, -0.15) is 0 Å². The molecule has 0 aliphatic carbocycles. The molecule has 0 aliphatic heterocycles. The molecule has 2 rings (SSSR count). The maximum atomic E-state index is 12.1. The van der Waals surface area contributed by atoms with Crippen LogP contribution in [0.4, 0.5) is 5.69 Å². The summed E-state index contributed by atoms with van der Waals surface area (Å²) in [5, 5.41) is 7.37. The minimum atomic E-state index is -0.628. The normalized spacial score (nSPS) is 12.0. The van der Waals surface area contributed by atoms with E-state index in [-0.39, 0.29) is 21.4 Å². The smallest absolute Gasteiger partial charge is 0.272 e. The van der Waals surface area contributed by atoms with Gasteiger partial charge in [-0.1, -0.05) is 25.2 Å². The van der Waals surface area contributed by atoms with Gasteiger partial charge in [0.15, 0.2) is 0 Å². The fourth-order valence-corrected chi connectivity index (χ4v) is 2.34. The van der Waals surface area contributed by atoms with Gasteiger partial charge in [-0.3, -0.25) is 24.6 Å². The number of aromatic amines is 2. The summed E-state index contributed by atoms with van der Waals surface area (Å²) in [4.78, 5) is 35.8. The zero-order valence-corrected chi connectivity index (χ0v) is 12.0. The summed E-state index contributed by atoms with van der Waals surface area (Å²) in [7, 11) is 0. The second-order valence-corrected chi connectivity index (χ2v) is 4.96. The lowest BCUT2D eigenvalue weighted by Gasteiger charge is -2.14. The summed E-state index contributed by atoms with van der Waals surface area (Å²) in [5.41, 5.74) is 4.83. The highest BCUT2D eigenvalue weighted by Crippen LogP contribution is 2.18. The molecule has 21 heavy (non-hydrogen) atoms. The molecule has 1 heterocycles. The van der Waals surface area contributed by atoms with E-state index in [9.17, 15) is 14.4 Å². The summed E-state index contributed by atoms with van der Waals surface area (Å²) >= 11 is 4.85. The number of hydrogen-bond acceptors (Lipinski definition) is 4. The van der Waals surface area contributed by atoms with Gasteiger partial charge in [-0.05, 0) is 18.6 Å². The van der Waals surface area contributed by atoms with Gasteiger partial charge in [0.2, 0.25) is 5.91 Å². The molecule has 1 aromatic carbocycles. The lowest BCUT2D eigenvalue weighted by Crippen LogP contribution is -2.33. The predicted molar refractivity (Wildman–Crippen MR) is 84.4 cm³/mol. The van der Waals surface area contributed by atoms with Crippen molar-refractivity contribution >= 4 is 39.6 Å². The Morgan fingerprint density at radius 2 is 2.00 bits per heavy atom. The van der Waals surface area contributed by atoms with Crippen molar-refractivity contribution in [3.63, 3.8) is 0 Å². The van der Waals surface area contributed by atoms with E-state index in [0.717, 1.165) is 0 Å².